The van der Waals surface area contributed by atoms with E-state index in [1.165, 1.54) is 22.0 Å². The average molecular weight is 453 g/mol. The molecule has 1 rings (SSSR count). The number of ether oxygens (including phenoxy) is 2. The zero-order valence-electron chi connectivity index (χ0n) is 19.7. The summed E-state index contributed by atoms with van der Waals surface area (Å²) in [6, 6.07) is 6.75. The van der Waals surface area contributed by atoms with Gasteiger partial charge in [-0.15, -0.1) is 0 Å². The SMILES string of the molecule is C=C/C=C(\CN(C(=O)OC(C)(C)C)C(CC)Cc1ccc(C(=O)N(C)C)cc1)OC(F)F. The molecule has 0 saturated carbocycles. The maximum atomic E-state index is 13.0. The van der Waals surface area contributed by atoms with Gasteiger partial charge in [-0.3, -0.25) is 9.69 Å². The van der Waals surface area contributed by atoms with E-state index in [0.717, 1.165) is 5.56 Å². The van der Waals surface area contributed by atoms with Crippen molar-refractivity contribution < 1.29 is 27.8 Å². The molecule has 178 valence electrons. The topological polar surface area (TPSA) is 59.1 Å². The van der Waals surface area contributed by atoms with Crippen molar-refractivity contribution in [2.24, 2.45) is 0 Å². The molecule has 6 nitrogen and oxygen atoms in total. The van der Waals surface area contributed by atoms with Gasteiger partial charge in [0.05, 0.1) is 6.54 Å². The Morgan fingerprint density at radius 1 is 1.16 bits per heavy atom. The molecule has 1 aromatic carbocycles. The number of nitrogens with zero attached hydrogens (tertiary/aromatic N) is 2. The van der Waals surface area contributed by atoms with Crippen LogP contribution in [0.2, 0.25) is 0 Å². The summed E-state index contributed by atoms with van der Waals surface area (Å²) < 4.78 is 35.8. The molecule has 0 aromatic heterocycles. The van der Waals surface area contributed by atoms with Crippen LogP contribution in [0.1, 0.15) is 50.0 Å². The van der Waals surface area contributed by atoms with Crippen LogP contribution in [-0.2, 0) is 15.9 Å². The van der Waals surface area contributed by atoms with Crippen molar-refractivity contribution in [1.82, 2.24) is 9.80 Å². The number of carbonyl (C=O) groups is 2. The molecule has 0 aliphatic heterocycles. The van der Waals surface area contributed by atoms with E-state index in [4.69, 9.17) is 4.74 Å². The van der Waals surface area contributed by atoms with E-state index in [0.29, 0.717) is 18.4 Å². The average Bonchev–Trinajstić information content (AvgIpc) is 2.68. The summed E-state index contributed by atoms with van der Waals surface area (Å²) in [5, 5.41) is 0. The lowest BCUT2D eigenvalue weighted by atomic mass is 10.0. The highest BCUT2D eigenvalue weighted by Crippen LogP contribution is 2.20. The van der Waals surface area contributed by atoms with Crippen molar-refractivity contribution in [1.29, 1.82) is 0 Å². The van der Waals surface area contributed by atoms with Crippen LogP contribution in [0.15, 0.2) is 48.8 Å². The van der Waals surface area contributed by atoms with Gasteiger partial charge in [0.2, 0.25) is 0 Å². The van der Waals surface area contributed by atoms with Gasteiger partial charge in [0.1, 0.15) is 11.4 Å². The second-order valence-electron chi connectivity index (χ2n) is 8.52. The van der Waals surface area contributed by atoms with Crippen molar-refractivity contribution in [3.63, 3.8) is 0 Å². The summed E-state index contributed by atoms with van der Waals surface area (Å²) in [4.78, 5) is 27.9. The third kappa shape index (κ3) is 9.08. The third-order valence-corrected chi connectivity index (χ3v) is 4.49. The summed E-state index contributed by atoms with van der Waals surface area (Å²) >= 11 is 0. The molecule has 0 fully saturated rings. The molecule has 2 amide bonds. The summed E-state index contributed by atoms with van der Waals surface area (Å²) in [7, 11) is 3.36. The maximum Gasteiger partial charge on any atom is 0.410 e. The first-order valence-electron chi connectivity index (χ1n) is 10.4. The Morgan fingerprint density at radius 3 is 2.19 bits per heavy atom. The van der Waals surface area contributed by atoms with Gasteiger partial charge in [0.15, 0.2) is 0 Å². The van der Waals surface area contributed by atoms with E-state index in [2.05, 4.69) is 11.3 Å². The Hall–Kier alpha value is -2.90. The zero-order valence-corrected chi connectivity index (χ0v) is 19.7. The van der Waals surface area contributed by atoms with E-state index in [-0.39, 0.29) is 24.3 Å². The molecule has 0 aliphatic rings. The van der Waals surface area contributed by atoms with Crippen LogP contribution in [0.4, 0.5) is 13.6 Å². The molecular formula is C24H34F2N2O4. The normalized spacial score (nSPS) is 12.8. The molecule has 1 atom stereocenters. The monoisotopic (exact) mass is 452 g/mol. The van der Waals surface area contributed by atoms with Crippen LogP contribution >= 0.6 is 0 Å². The van der Waals surface area contributed by atoms with Crippen molar-refractivity contribution in [2.75, 3.05) is 20.6 Å². The molecular weight excluding hydrogens is 418 g/mol. The highest BCUT2D eigenvalue weighted by Gasteiger charge is 2.29. The van der Waals surface area contributed by atoms with Gasteiger partial charge in [-0.2, -0.15) is 8.78 Å². The molecule has 1 unspecified atom stereocenters. The standard InChI is InChI=1S/C24H34F2N2O4/c1-8-10-20(31-22(25)26)16-28(23(30)32-24(3,4)5)19(9-2)15-17-11-13-18(14-12-17)21(29)27(6)7/h8,10-14,19,22H,1,9,15-16H2,2-7H3/b20-10+. The second-order valence-corrected chi connectivity index (χ2v) is 8.52. The number of halogens is 2. The molecule has 0 heterocycles. The fourth-order valence-electron chi connectivity index (χ4n) is 2.99. The highest BCUT2D eigenvalue weighted by molar-refractivity contribution is 5.93. The van der Waals surface area contributed by atoms with Crippen LogP contribution in [0.5, 0.6) is 0 Å². The van der Waals surface area contributed by atoms with E-state index in [1.54, 1.807) is 47.0 Å². The van der Waals surface area contributed by atoms with Crippen LogP contribution in [-0.4, -0.2) is 60.7 Å². The van der Waals surface area contributed by atoms with Gasteiger partial charge in [-0.1, -0.05) is 31.7 Å². The number of hydrogen-bond acceptors (Lipinski definition) is 4. The van der Waals surface area contributed by atoms with Crippen LogP contribution in [0.25, 0.3) is 0 Å². The molecule has 0 N–H and O–H groups in total. The van der Waals surface area contributed by atoms with E-state index in [1.807, 2.05) is 19.1 Å². The fraction of sp³-hybridized carbons (Fsp3) is 0.500. The number of rotatable bonds is 10. The van der Waals surface area contributed by atoms with E-state index >= 15 is 0 Å². The molecule has 1 aromatic rings. The van der Waals surface area contributed by atoms with E-state index in [9.17, 15) is 18.4 Å². The minimum Gasteiger partial charge on any atom is -0.444 e. The predicted molar refractivity (Wildman–Crippen MR) is 121 cm³/mol. The van der Waals surface area contributed by atoms with E-state index < -0.39 is 18.3 Å². The quantitative estimate of drug-likeness (QED) is 0.359. The Morgan fingerprint density at radius 2 is 1.75 bits per heavy atom. The van der Waals surface area contributed by atoms with Crippen molar-refractivity contribution in [3.05, 3.63) is 59.9 Å². The lowest BCUT2D eigenvalue weighted by Gasteiger charge is -2.33. The third-order valence-electron chi connectivity index (χ3n) is 4.49. The zero-order chi connectivity index (χ0) is 24.5. The first-order chi connectivity index (χ1) is 14.9. The number of benzene rings is 1. The predicted octanol–water partition coefficient (Wildman–Crippen LogP) is 5.26. The molecule has 0 aliphatic carbocycles. The first-order valence-corrected chi connectivity index (χ1v) is 10.4. The fourth-order valence-corrected chi connectivity index (χ4v) is 2.99. The second kappa shape index (κ2) is 12.2. The van der Waals surface area contributed by atoms with Crippen LogP contribution < -0.4 is 0 Å². The lowest BCUT2D eigenvalue weighted by Crippen LogP contribution is -2.45. The van der Waals surface area contributed by atoms with Crippen molar-refractivity contribution >= 4 is 12.0 Å². The van der Waals surface area contributed by atoms with Gasteiger partial charge >= 0.3 is 12.7 Å². The lowest BCUT2D eigenvalue weighted by molar-refractivity contribution is -0.101. The molecule has 0 saturated heterocycles. The van der Waals surface area contributed by atoms with Crippen molar-refractivity contribution in [3.8, 4) is 0 Å². The van der Waals surface area contributed by atoms with Crippen molar-refractivity contribution in [2.45, 2.75) is 58.8 Å². The first kappa shape index (κ1) is 27.1. The van der Waals surface area contributed by atoms with Crippen LogP contribution in [0, 0.1) is 0 Å². The van der Waals surface area contributed by atoms with Gasteiger partial charge in [-0.25, -0.2) is 4.79 Å². The van der Waals surface area contributed by atoms with Gasteiger partial charge in [0, 0.05) is 25.7 Å². The Balaban J connectivity index is 3.18. The Bertz CT molecular complexity index is 799. The number of allylic oxidation sites excluding steroid dienone is 2. The molecule has 32 heavy (non-hydrogen) atoms. The number of hydrogen-bond donors (Lipinski definition) is 0. The molecule has 0 bridgehead atoms. The van der Waals surface area contributed by atoms with Crippen LogP contribution in [0.3, 0.4) is 0 Å². The number of alkyl halides is 2. The smallest absolute Gasteiger partial charge is 0.410 e. The van der Waals surface area contributed by atoms with Gasteiger partial charge in [-0.05, 0) is 57.4 Å². The molecule has 0 spiro atoms. The molecule has 0 radical (unpaired) electrons. The number of amides is 2. The number of carbonyl (C=O) groups excluding carboxylic acids is 2. The Kier molecular flexibility index (Phi) is 10.4. The maximum absolute atomic E-state index is 13.0. The Labute approximate surface area is 189 Å². The van der Waals surface area contributed by atoms with Gasteiger partial charge < -0.3 is 14.4 Å². The highest BCUT2D eigenvalue weighted by atomic mass is 19.3. The minimum atomic E-state index is -3.02. The summed E-state index contributed by atoms with van der Waals surface area (Å²) in [5.74, 6) is -0.200. The summed E-state index contributed by atoms with van der Waals surface area (Å²) in [6.45, 7) is 7.41. The molecule has 8 heteroatoms. The summed E-state index contributed by atoms with van der Waals surface area (Å²) in [5.41, 5.74) is 0.690. The largest absolute Gasteiger partial charge is 0.444 e. The summed E-state index contributed by atoms with van der Waals surface area (Å²) in [6.07, 6.45) is 3.00. The minimum absolute atomic E-state index is 0.0914. The van der Waals surface area contributed by atoms with Gasteiger partial charge in [0.25, 0.3) is 5.91 Å².